The highest BCUT2D eigenvalue weighted by molar-refractivity contribution is 5.94. The highest BCUT2D eigenvalue weighted by Gasteiger charge is 2.38. The number of alkyl halides is 3. The van der Waals surface area contributed by atoms with Crippen LogP contribution < -0.4 is 0 Å². The lowest BCUT2D eigenvalue weighted by molar-refractivity contribution is -0.192. The molecule has 1 aliphatic heterocycles. The maximum absolute atomic E-state index is 12.8. The first kappa shape index (κ1) is 24.3. The highest BCUT2D eigenvalue weighted by Crippen LogP contribution is 2.25. The average molecular weight is 438 g/mol. The first-order valence-electron chi connectivity index (χ1n) is 9.69. The van der Waals surface area contributed by atoms with Crippen LogP contribution in [0.4, 0.5) is 13.2 Å². The number of methoxy groups -OCH3 is 1. The number of rotatable bonds is 4. The van der Waals surface area contributed by atoms with E-state index in [0.717, 1.165) is 31.5 Å². The summed E-state index contributed by atoms with van der Waals surface area (Å²) in [7, 11) is 1.77. The molecule has 1 aromatic carbocycles. The SMILES string of the molecule is CO[C@H]1CCN(C(=O)c2cncc(C)c2)C[C@@H]1Cc1ccccc1.O=C(O)C(F)(F)F. The van der Waals surface area contributed by atoms with E-state index in [2.05, 4.69) is 29.2 Å². The van der Waals surface area contributed by atoms with Crippen LogP contribution in [0.3, 0.4) is 0 Å². The molecule has 0 spiro atoms. The van der Waals surface area contributed by atoms with Gasteiger partial charge in [-0.1, -0.05) is 30.3 Å². The van der Waals surface area contributed by atoms with Gasteiger partial charge in [-0.05, 0) is 37.0 Å². The van der Waals surface area contributed by atoms with Crippen LogP contribution in [0.1, 0.15) is 27.9 Å². The molecule has 1 fully saturated rings. The number of likely N-dealkylation sites (tertiary alicyclic amines) is 1. The standard InChI is InChI=1S/C20H24N2O2.C2HF3O2/c1-15-10-17(13-21-12-15)20(23)22-9-8-19(24-2)18(14-22)11-16-6-4-3-5-7-16;3-2(4,5)1(6)7/h3-7,10,12-13,18-19H,8-9,11,14H2,1-2H3;(H,6,7)/t18-,19-;/m0./s1. The van der Waals surface area contributed by atoms with Crippen molar-refractivity contribution in [2.45, 2.75) is 32.0 Å². The van der Waals surface area contributed by atoms with Crippen LogP contribution in [0, 0.1) is 12.8 Å². The molecular weight excluding hydrogens is 413 g/mol. The van der Waals surface area contributed by atoms with Gasteiger partial charge in [0.15, 0.2) is 0 Å². The van der Waals surface area contributed by atoms with E-state index >= 15 is 0 Å². The first-order chi connectivity index (χ1) is 14.6. The van der Waals surface area contributed by atoms with E-state index in [1.54, 1.807) is 19.5 Å². The number of aromatic nitrogens is 1. The molecule has 1 aromatic heterocycles. The van der Waals surface area contributed by atoms with Gasteiger partial charge in [0, 0.05) is 38.5 Å². The summed E-state index contributed by atoms with van der Waals surface area (Å²) >= 11 is 0. The molecule has 3 rings (SSSR count). The van der Waals surface area contributed by atoms with Crippen LogP contribution in [0.25, 0.3) is 0 Å². The van der Waals surface area contributed by atoms with Crippen molar-refractivity contribution in [1.82, 2.24) is 9.88 Å². The van der Waals surface area contributed by atoms with Crippen LogP contribution in [-0.2, 0) is 16.0 Å². The van der Waals surface area contributed by atoms with Crippen LogP contribution in [0.5, 0.6) is 0 Å². The molecule has 1 N–H and O–H groups in total. The lowest BCUT2D eigenvalue weighted by atomic mass is 9.88. The van der Waals surface area contributed by atoms with Crippen LogP contribution in [0.2, 0.25) is 0 Å². The lowest BCUT2D eigenvalue weighted by Crippen LogP contribution is -2.47. The number of hydrogen-bond donors (Lipinski definition) is 1. The minimum absolute atomic E-state index is 0.0683. The zero-order valence-electron chi connectivity index (χ0n) is 17.3. The van der Waals surface area contributed by atoms with Gasteiger partial charge in [0.05, 0.1) is 11.7 Å². The number of carbonyl (C=O) groups excluding carboxylic acids is 1. The Morgan fingerprint density at radius 2 is 1.87 bits per heavy atom. The maximum Gasteiger partial charge on any atom is 0.490 e. The van der Waals surface area contributed by atoms with Crippen molar-refractivity contribution in [3.8, 4) is 0 Å². The molecular formula is C22H25F3N2O4. The topological polar surface area (TPSA) is 79.7 Å². The average Bonchev–Trinajstić information content (AvgIpc) is 2.73. The Morgan fingerprint density at radius 1 is 1.23 bits per heavy atom. The predicted octanol–water partition coefficient (Wildman–Crippen LogP) is 3.74. The molecule has 0 unspecified atom stereocenters. The molecule has 168 valence electrons. The second-order valence-electron chi connectivity index (χ2n) is 7.32. The van der Waals surface area contributed by atoms with Crippen molar-refractivity contribution in [1.29, 1.82) is 0 Å². The summed E-state index contributed by atoms with van der Waals surface area (Å²) < 4.78 is 37.4. The van der Waals surface area contributed by atoms with Gasteiger partial charge in [-0.25, -0.2) is 4.79 Å². The third-order valence-electron chi connectivity index (χ3n) is 4.96. The molecule has 0 bridgehead atoms. The van der Waals surface area contributed by atoms with E-state index in [-0.39, 0.29) is 12.0 Å². The molecule has 0 aliphatic carbocycles. The Hall–Kier alpha value is -2.94. The number of carbonyl (C=O) groups is 2. The fraction of sp³-hybridized carbons (Fsp3) is 0.409. The number of halogens is 3. The molecule has 9 heteroatoms. The molecule has 6 nitrogen and oxygen atoms in total. The largest absolute Gasteiger partial charge is 0.490 e. The monoisotopic (exact) mass is 438 g/mol. The van der Waals surface area contributed by atoms with E-state index < -0.39 is 12.1 Å². The molecule has 0 saturated carbocycles. The van der Waals surface area contributed by atoms with E-state index in [1.807, 2.05) is 24.0 Å². The normalized spacial score (nSPS) is 18.7. The van der Waals surface area contributed by atoms with Gasteiger partial charge in [0.1, 0.15) is 0 Å². The van der Waals surface area contributed by atoms with E-state index in [4.69, 9.17) is 14.6 Å². The van der Waals surface area contributed by atoms with Gasteiger partial charge < -0.3 is 14.7 Å². The number of benzene rings is 1. The zero-order valence-corrected chi connectivity index (χ0v) is 17.3. The summed E-state index contributed by atoms with van der Waals surface area (Å²) in [5.74, 6) is -2.38. The van der Waals surface area contributed by atoms with Crippen LogP contribution in [0.15, 0.2) is 48.8 Å². The number of carboxylic acids is 1. The Bertz CT molecular complexity index is 875. The van der Waals surface area contributed by atoms with Crippen molar-refractivity contribution in [3.63, 3.8) is 0 Å². The lowest BCUT2D eigenvalue weighted by Gasteiger charge is -2.38. The molecule has 1 amide bonds. The van der Waals surface area contributed by atoms with Crippen LogP contribution in [-0.4, -0.2) is 59.3 Å². The summed E-state index contributed by atoms with van der Waals surface area (Å²) in [6.45, 7) is 3.41. The molecule has 0 radical (unpaired) electrons. The van der Waals surface area contributed by atoms with Crippen molar-refractivity contribution < 1.29 is 32.6 Å². The number of aryl methyl sites for hydroxylation is 1. The fourth-order valence-corrected chi connectivity index (χ4v) is 3.47. The zero-order chi connectivity index (χ0) is 23.0. The van der Waals surface area contributed by atoms with Gasteiger partial charge in [-0.2, -0.15) is 13.2 Å². The minimum atomic E-state index is -5.08. The number of ether oxygens (including phenoxy) is 1. The van der Waals surface area contributed by atoms with Crippen molar-refractivity contribution >= 4 is 11.9 Å². The number of pyridine rings is 1. The molecule has 1 aliphatic rings. The number of amides is 1. The predicted molar refractivity (Wildman–Crippen MR) is 108 cm³/mol. The Morgan fingerprint density at radius 3 is 2.42 bits per heavy atom. The molecule has 1 saturated heterocycles. The Kier molecular flexibility index (Phi) is 8.56. The number of aliphatic carboxylic acids is 1. The van der Waals surface area contributed by atoms with Gasteiger partial charge in [0.25, 0.3) is 5.91 Å². The Labute approximate surface area is 178 Å². The summed E-state index contributed by atoms with van der Waals surface area (Å²) in [5, 5.41) is 7.12. The van der Waals surface area contributed by atoms with E-state index in [1.165, 1.54) is 5.56 Å². The second-order valence-corrected chi connectivity index (χ2v) is 7.32. The summed E-state index contributed by atoms with van der Waals surface area (Å²) in [4.78, 5) is 27.8. The molecule has 31 heavy (non-hydrogen) atoms. The number of nitrogens with zero attached hydrogens (tertiary/aromatic N) is 2. The van der Waals surface area contributed by atoms with Crippen molar-refractivity contribution in [2.75, 3.05) is 20.2 Å². The summed E-state index contributed by atoms with van der Waals surface area (Å²) in [6, 6.07) is 12.3. The third-order valence-corrected chi connectivity index (χ3v) is 4.96. The van der Waals surface area contributed by atoms with E-state index in [9.17, 15) is 18.0 Å². The first-order valence-corrected chi connectivity index (χ1v) is 9.69. The smallest absolute Gasteiger partial charge is 0.475 e. The van der Waals surface area contributed by atoms with Gasteiger partial charge in [0.2, 0.25) is 0 Å². The third kappa shape index (κ3) is 7.36. The highest BCUT2D eigenvalue weighted by atomic mass is 19.4. The van der Waals surface area contributed by atoms with Gasteiger partial charge >= 0.3 is 12.1 Å². The fourth-order valence-electron chi connectivity index (χ4n) is 3.47. The van der Waals surface area contributed by atoms with Crippen molar-refractivity contribution in [2.24, 2.45) is 5.92 Å². The van der Waals surface area contributed by atoms with Crippen LogP contribution >= 0.6 is 0 Å². The quantitative estimate of drug-likeness (QED) is 0.787. The molecule has 2 atom stereocenters. The Balaban J connectivity index is 0.000000423. The maximum atomic E-state index is 12.8. The van der Waals surface area contributed by atoms with E-state index in [0.29, 0.717) is 11.5 Å². The minimum Gasteiger partial charge on any atom is -0.475 e. The number of piperidine rings is 1. The second kappa shape index (κ2) is 10.9. The summed E-state index contributed by atoms with van der Waals surface area (Å²) in [5.41, 5.74) is 2.97. The van der Waals surface area contributed by atoms with Gasteiger partial charge in [-0.15, -0.1) is 0 Å². The van der Waals surface area contributed by atoms with Crippen molar-refractivity contribution in [3.05, 3.63) is 65.5 Å². The number of carboxylic acid groups (broad SMARTS) is 1. The summed E-state index contributed by atoms with van der Waals surface area (Å²) in [6.07, 6.45) is 0.342. The number of hydrogen-bond acceptors (Lipinski definition) is 4. The van der Waals surface area contributed by atoms with Gasteiger partial charge in [-0.3, -0.25) is 9.78 Å². The molecule has 2 heterocycles. The molecule has 2 aromatic rings.